The van der Waals surface area contributed by atoms with Crippen LogP contribution in [0, 0.1) is 5.92 Å². The van der Waals surface area contributed by atoms with Crippen molar-refractivity contribution in [3.63, 3.8) is 0 Å². The van der Waals surface area contributed by atoms with Crippen LogP contribution in [0.1, 0.15) is 30.5 Å². The van der Waals surface area contributed by atoms with Crippen LogP contribution in [0.5, 0.6) is 0 Å². The van der Waals surface area contributed by atoms with E-state index in [4.69, 9.17) is 0 Å². The molecule has 1 saturated carbocycles. The van der Waals surface area contributed by atoms with Crippen molar-refractivity contribution in [1.29, 1.82) is 0 Å². The van der Waals surface area contributed by atoms with Crippen LogP contribution in [0.3, 0.4) is 0 Å². The number of hydrogen-bond acceptors (Lipinski definition) is 1. The van der Waals surface area contributed by atoms with Crippen molar-refractivity contribution < 1.29 is 5.11 Å². The molecule has 94 valence electrons. The van der Waals surface area contributed by atoms with Crippen LogP contribution in [0.25, 0.3) is 0 Å². The maximum atomic E-state index is 11.0. The molecule has 2 nitrogen and oxygen atoms in total. The molecule has 0 radical (unpaired) electrons. The highest BCUT2D eigenvalue weighted by atomic mass is 16.3. The van der Waals surface area contributed by atoms with Gasteiger partial charge in [-0.25, -0.2) is 0 Å². The van der Waals surface area contributed by atoms with Crippen molar-refractivity contribution in [2.24, 2.45) is 5.92 Å². The Bertz CT molecular complexity index is 487. The van der Waals surface area contributed by atoms with E-state index in [1.165, 1.54) is 12.8 Å². The Balaban J connectivity index is 1.87. The Labute approximate surface area is 108 Å². The van der Waals surface area contributed by atoms with Gasteiger partial charge in [-0.1, -0.05) is 43.2 Å². The van der Waals surface area contributed by atoms with Crippen LogP contribution in [-0.4, -0.2) is 10.1 Å². The molecule has 1 fully saturated rings. The van der Waals surface area contributed by atoms with E-state index in [1.807, 2.05) is 48.7 Å². The second kappa shape index (κ2) is 4.62. The van der Waals surface area contributed by atoms with E-state index in [0.717, 1.165) is 17.7 Å². The van der Waals surface area contributed by atoms with E-state index < -0.39 is 5.60 Å². The Hall–Kier alpha value is -1.54. The van der Waals surface area contributed by atoms with Gasteiger partial charge in [-0.05, 0) is 30.0 Å². The summed E-state index contributed by atoms with van der Waals surface area (Å²) in [7, 11) is 0. The number of rotatable bonds is 5. The third kappa shape index (κ3) is 2.49. The van der Waals surface area contributed by atoms with Gasteiger partial charge in [-0.2, -0.15) is 0 Å². The van der Waals surface area contributed by atoms with Gasteiger partial charge in [0.15, 0.2) is 0 Å². The molecule has 0 bridgehead atoms. The van der Waals surface area contributed by atoms with Gasteiger partial charge in [0.1, 0.15) is 0 Å². The molecule has 1 aliphatic rings. The first-order valence-corrected chi connectivity index (χ1v) is 6.66. The zero-order chi connectivity index (χ0) is 12.4. The summed E-state index contributed by atoms with van der Waals surface area (Å²) < 4.78 is 0. The van der Waals surface area contributed by atoms with Crippen molar-refractivity contribution in [3.05, 3.63) is 59.9 Å². The molecule has 1 heterocycles. The molecule has 0 saturated heterocycles. The minimum absolute atomic E-state index is 0.667. The molecule has 2 aromatic rings. The summed E-state index contributed by atoms with van der Waals surface area (Å²) in [6.45, 7) is 0. The number of benzene rings is 1. The Kier molecular flexibility index (Phi) is 2.96. The second-order valence-electron chi connectivity index (χ2n) is 5.42. The van der Waals surface area contributed by atoms with Crippen LogP contribution in [0.15, 0.2) is 48.7 Å². The topological polar surface area (TPSA) is 36.0 Å². The lowest BCUT2D eigenvalue weighted by Gasteiger charge is -2.28. The van der Waals surface area contributed by atoms with Gasteiger partial charge in [-0.3, -0.25) is 0 Å². The summed E-state index contributed by atoms with van der Waals surface area (Å²) in [6.07, 6.45) is 5.98. The van der Waals surface area contributed by atoms with Gasteiger partial charge >= 0.3 is 0 Å². The molecule has 3 rings (SSSR count). The van der Waals surface area contributed by atoms with Gasteiger partial charge in [0.05, 0.1) is 5.60 Å². The summed E-state index contributed by atoms with van der Waals surface area (Å²) in [5.41, 5.74) is 1.40. The lowest BCUT2D eigenvalue weighted by Crippen LogP contribution is -2.29. The molecular weight excluding hydrogens is 222 g/mol. The summed E-state index contributed by atoms with van der Waals surface area (Å²) in [5, 5.41) is 11.0. The Morgan fingerprint density at radius 2 is 1.89 bits per heavy atom. The molecule has 0 amide bonds. The smallest absolute Gasteiger partial charge is 0.0953 e. The van der Waals surface area contributed by atoms with Gasteiger partial charge in [0.2, 0.25) is 0 Å². The van der Waals surface area contributed by atoms with Crippen molar-refractivity contribution in [3.8, 4) is 0 Å². The summed E-state index contributed by atoms with van der Waals surface area (Å²) >= 11 is 0. The number of hydrogen-bond donors (Lipinski definition) is 2. The fourth-order valence-electron chi connectivity index (χ4n) is 2.63. The number of aromatic amines is 1. The molecule has 2 heteroatoms. The minimum atomic E-state index is -0.729. The van der Waals surface area contributed by atoms with E-state index >= 15 is 0 Å². The molecule has 1 unspecified atom stereocenters. The minimum Gasteiger partial charge on any atom is -0.385 e. The first-order valence-electron chi connectivity index (χ1n) is 6.66. The monoisotopic (exact) mass is 241 g/mol. The van der Waals surface area contributed by atoms with E-state index in [-0.39, 0.29) is 0 Å². The Morgan fingerprint density at radius 3 is 2.50 bits per heavy atom. The van der Waals surface area contributed by atoms with Crippen LogP contribution in [0.2, 0.25) is 0 Å². The number of nitrogens with one attached hydrogen (secondary N) is 1. The summed E-state index contributed by atoms with van der Waals surface area (Å²) in [5.74, 6) is 0.699. The van der Waals surface area contributed by atoms with Crippen LogP contribution in [-0.2, 0) is 12.0 Å². The van der Waals surface area contributed by atoms with E-state index in [0.29, 0.717) is 12.3 Å². The first kappa shape index (κ1) is 11.5. The van der Waals surface area contributed by atoms with E-state index in [9.17, 15) is 5.11 Å². The molecule has 1 aromatic carbocycles. The van der Waals surface area contributed by atoms with Crippen molar-refractivity contribution in [1.82, 2.24) is 4.98 Å². The van der Waals surface area contributed by atoms with Gasteiger partial charge < -0.3 is 10.1 Å². The van der Waals surface area contributed by atoms with E-state index in [2.05, 4.69) is 4.98 Å². The average molecular weight is 241 g/mol. The fourth-order valence-corrected chi connectivity index (χ4v) is 2.63. The highest BCUT2D eigenvalue weighted by Gasteiger charge is 2.36. The maximum absolute atomic E-state index is 11.0. The quantitative estimate of drug-likeness (QED) is 0.828. The predicted molar refractivity (Wildman–Crippen MR) is 72.2 cm³/mol. The zero-order valence-corrected chi connectivity index (χ0v) is 10.5. The highest BCUT2D eigenvalue weighted by molar-refractivity contribution is 5.25. The summed E-state index contributed by atoms with van der Waals surface area (Å²) in [4.78, 5) is 3.20. The average Bonchev–Trinajstić information content (AvgIpc) is 3.04. The highest BCUT2D eigenvalue weighted by Crippen LogP contribution is 2.42. The SMILES string of the molecule is OC(Cc1ccc[nH]1)(CC1CC1)c1ccccc1. The van der Waals surface area contributed by atoms with Crippen LogP contribution in [0.4, 0.5) is 0 Å². The number of aliphatic hydroxyl groups is 1. The second-order valence-corrected chi connectivity index (χ2v) is 5.42. The third-order valence-electron chi connectivity index (χ3n) is 3.78. The zero-order valence-electron chi connectivity index (χ0n) is 10.5. The van der Waals surface area contributed by atoms with Gasteiger partial charge in [0, 0.05) is 18.3 Å². The van der Waals surface area contributed by atoms with E-state index in [1.54, 1.807) is 0 Å². The molecule has 1 aliphatic carbocycles. The lowest BCUT2D eigenvalue weighted by molar-refractivity contribution is 0.0211. The van der Waals surface area contributed by atoms with Crippen LogP contribution < -0.4 is 0 Å². The van der Waals surface area contributed by atoms with Gasteiger partial charge in [-0.15, -0.1) is 0 Å². The predicted octanol–water partition coefficient (Wildman–Crippen LogP) is 3.25. The number of H-pyrrole nitrogens is 1. The molecule has 0 spiro atoms. The summed E-state index contributed by atoms with van der Waals surface area (Å²) in [6, 6.07) is 14.1. The van der Waals surface area contributed by atoms with Crippen molar-refractivity contribution >= 4 is 0 Å². The van der Waals surface area contributed by atoms with Crippen molar-refractivity contribution in [2.75, 3.05) is 0 Å². The molecule has 1 atom stereocenters. The lowest BCUT2D eigenvalue weighted by atomic mass is 9.84. The number of aromatic nitrogens is 1. The first-order chi connectivity index (χ1) is 8.76. The maximum Gasteiger partial charge on any atom is 0.0953 e. The van der Waals surface area contributed by atoms with Gasteiger partial charge in [0.25, 0.3) is 0 Å². The molecule has 1 aromatic heterocycles. The standard InChI is InChI=1S/C16H19NO/c18-16(11-13-8-9-13,12-15-7-4-10-17-15)14-5-2-1-3-6-14/h1-7,10,13,17-18H,8-9,11-12H2. The normalized spacial score (nSPS) is 18.5. The fraction of sp³-hybridized carbons (Fsp3) is 0.375. The third-order valence-corrected chi connectivity index (χ3v) is 3.78. The Morgan fingerprint density at radius 1 is 1.11 bits per heavy atom. The van der Waals surface area contributed by atoms with Crippen molar-refractivity contribution in [2.45, 2.75) is 31.3 Å². The largest absolute Gasteiger partial charge is 0.385 e. The molecular formula is C16H19NO. The van der Waals surface area contributed by atoms with Crippen LogP contribution >= 0.6 is 0 Å². The molecule has 0 aliphatic heterocycles. The molecule has 2 N–H and O–H groups in total. The molecule has 18 heavy (non-hydrogen) atoms.